The Morgan fingerprint density at radius 1 is 0.684 bits per heavy atom. The van der Waals surface area contributed by atoms with Gasteiger partial charge in [-0.1, -0.05) is 42.5 Å². The van der Waals surface area contributed by atoms with Crippen LogP contribution in [0.15, 0.2) is 48.5 Å². The van der Waals surface area contributed by atoms with Crippen molar-refractivity contribution in [3.63, 3.8) is 0 Å². The van der Waals surface area contributed by atoms with Gasteiger partial charge in [0.15, 0.2) is 0 Å². The highest BCUT2D eigenvalue weighted by Gasteiger charge is 2.19. The number of aryl methyl sites for hydroxylation is 2. The second-order valence-electron chi connectivity index (χ2n) is 5.63. The van der Waals surface area contributed by atoms with Crippen LogP contribution in [0.25, 0.3) is 21.9 Å². The lowest BCUT2D eigenvalue weighted by molar-refractivity contribution is 1.23. The van der Waals surface area contributed by atoms with Crippen LogP contribution in [-0.2, 0) is 6.42 Å². The van der Waals surface area contributed by atoms with E-state index in [2.05, 4.69) is 62.4 Å². The van der Waals surface area contributed by atoms with Crippen molar-refractivity contribution in [2.45, 2.75) is 20.3 Å². The van der Waals surface area contributed by atoms with Crippen LogP contribution in [0.4, 0.5) is 0 Å². The van der Waals surface area contributed by atoms with Gasteiger partial charge >= 0.3 is 0 Å². The first-order valence-electron chi connectivity index (χ1n) is 6.84. The van der Waals surface area contributed by atoms with Crippen LogP contribution < -0.4 is 0 Å². The molecule has 0 N–H and O–H groups in total. The minimum atomic E-state index is 1.08. The fraction of sp³-hybridized carbons (Fsp3) is 0.158. The average Bonchev–Trinajstić information content (AvgIpc) is 2.74. The fourth-order valence-electron chi connectivity index (χ4n) is 3.16. The summed E-state index contributed by atoms with van der Waals surface area (Å²) in [6.07, 6.45) is 1.08. The molecule has 4 rings (SSSR count). The molecule has 3 aromatic rings. The largest absolute Gasteiger partial charge is 0.0616 e. The van der Waals surface area contributed by atoms with E-state index in [1.54, 1.807) is 0 Å². The first-order valence-corrected chi connectivity index (χ1v) is 6.84. The lowest BCUT2D eigenvalue weighted by atomic mass is 9.98. The Bertz CT molecular complexity index is 810. The van der Waals surface area contributed by atoms with Crippen molar-refractivity contribution in [3.05, 3.63) is 70.8 Å². The van der Waals surface area contributed by atoms with Gasteiger partial charge < -0.3 is 0 Å². The quantitative estimate of drug-likeness (QED) is 0.407. The Morgan fingerprint density at radius 2 is 1.26 bits per heavy atom. The molecule has 0 amide bonds. The third-order valence-electron chi connectivity index (χ3n) is 4.36. The van der Waals surface area contributed by atoms with Crippen LogP contribution in [0, 0.1) is 13.8 Å². The minimum Gasteiger partial charge on any atom is -0.0616 e. The van der Waals surface area contributed by atoms with E-state index in [0.29, 0.717) is 0 Å². The highest BCUT2D eigenvalue weighted by Crippen LogP contribution is 2.40. The van der Waals surface area contributed by atoms with Gasteiger partial charge in [-0.25, -0.2) is 0 Å². The lowest BCUT2D eigenvalue weighted by Crippen LogP contribution is -1.86. The predicted octanol–water partition coefficient (Wildman–Crippen LogP) is 5.03. The van der Waals surface area contributed by atoms with Crippen molar-refractivity contribution in [1.82, 2.24) is 0 Å². The summed E-state index contributed by atoms with van der Waals surface area (Å²) in [6.45, 7) is 4.41. The van der Waals surface area contributed by atoms with E-state index in [1.807, 2.05) is 0 Å². The van der Waals surface area contributed by atoms with Crippen LogP contribution >= 0.6 is 0 Å². The van der Waals surface area contributed by atoms with E-state index in [9.17, 15) is 0 Å². The van der Waals surface area contributed by atoms with Crippen LogP contribution in [-0.4, -0.2) is 0 Å². The van der Waals surface area contributed by atoms with Gasteiger partial charge in [0.05, 0.1) is 0 Å². The van der Waals surface area contributed by atoms with E-state index in [0.717, 1.165) is 6.42 Å². The van der Waals surface area contributed by atoms with E-state index in [1.165, 1.54) is 44.2 Å². The smallest absolute Gasteiger partial charge is 0.00131 e. The topological polar surface area (TPSA) is 0 Å². The highest BCUT2D eigenvalue weighted by atomic mass is 14.2. The molecule has 1 aliphatic rings. The van der Waals surface area contributed by atoms with Crippen molar-refractivity contribution in [1.29, 1.82) is 0 Å². The second kappa shape index (κ2) is 3.71. The zero-order valence-electron chi connectivity index (χ0n) is 11.3. The number of hydrogen-bond donors (Lipinski definition) is 0. The van der Waals surface area contributed by atoms with E-state index in [4.69, 9.17) is 0 Å². The molecule has 19 heavy (non-hydrogen) atoms. The fourth-order valence-corrected chi connectivity index (χ4v) is 3.16. The standard InChI is InChI=1S/C19H16/c1-12-7-16-10-17-9-14-5-3-4-6-15(14)11-19(17)18(16)8-13(12)2/h3-9,11H,10H2,1-2H3. The monoisotopic (exact) mass is 244 g/mol. The van der Waals surface area contributed by atoms with Gasteiger partial charge in [0.25, 0.3) is 0 Å². The molecule has 0 saturated carbocycles. The highest BCUT2D eigenvalue weighted by molar-refractivity contribution is 5.92. The van der Waals surface area contributed by atoms with E-state index >= 15 is 0 Å². The number of fused-ring (bicyclic) bond motifs is 4. The van der Waals surface area contributed by atoms with Crippen LogP contribution in [0.1, 0.15) is 22.3 Å². The van der Waals surface area contributed by atoms with Gasteiger partial charge in [0.1, 0.15) is 0 Å². The first-order chi connectivity index (χ1) is 9.22. The maximum atomic E-state index is 2.36. The molecule has 0 heterocycles. The van der Waals surface area contributed by atoms with Gasteiger partial charge in [-0.3, -0.25) is 0 Å². The van der Waals surface area contributed by atoms with E-state index < -0.39 is 0 Å². The van der Waals surface area contributed by atoms with Gasteiger partial charge in [-0.2, -0.15) is 0 Å². The van der Waals surface area contributed by atoms with Crippen molar-refractivity contribution in [3.8, 4) is 11.1 Å². The Morgan fingerprint density at radius 3 is 2.05 bits per heavy atom. The number of hydrogen-bond acceptors (Lipinski definition) is 0. The van der Waals surface area contributed by atoms with E-state index in [-0.39, 0.29) is 0 Å². The summed E-state index contributed by atoms with van der Waals surface area (Å²) in [5, 5.41) is 2.69. The predicted molar refractivity (Wildman–Crippen MR) is 81.7 cm³/mol. The first kappa shape index (κ1) is 10.8. The molecule has 0 atom stereocenters. The summed E-state index contributed by atoms with van der Waals surface area (Å²) in [6, 6.07) is 18.1. The molecule has 0 aliphatic heterocycles. The lowest BCUT2D eigenvalue weighted by Gasteiger charge is -2.06. The van der Waals surface area contributed by atoms with Crippen molar-refractivity contribution >= 4 is 10.8 Å². The average molecular weight is 244 g/mol. The Labute approximate surface area is 113 Å². The molecule has 0 aromatic heterocycles. The van der Waals surface area contributed by atoms with Crippen molar-refractivity contribution in [2.75, 3.05) is 0 Å². The molecule has 0 saturated heterocycles. The second-order valence-corrected chi connectivity index (χ2v) is 5.63. The Kier molecular flexibility index (Phi) is 2.11. The third-order valence-corrected chi connectivity index (χ3v) is 4.36. The molecular weight excluding hydrogens is 228 g/mol. The molecule has 0 spiro atoms. The zero-order chi connectivity index (χ0) is 13.0. The number of rotatable bonds is 0. The number of benzene rings is 3. The molecule has 0 unspecified atom stereocenters. The Hall–Kier alpha value is -2.08. The molecule has 0 fully saturated rings. The molecule has 0 radical (unpaired) electrons. The Balaban J connectivity index is 2.03. The maximum absolute atomic E-state index is 2.36. The molecule has 0 bridgehead atoms. The van der Waals surface area contributed by atoms with Crippen LogP contribution in [0.3, 0.4) is 0 Å². The van der Waals surface area contributed by atoms with Gasteiger partial charge in [-0.05, 0) is 70.5 Å². The summed E-state index contributed by atoms with van der Waals surface area (Å²) in [7, 11) is 0. The maximum Gasteiger partial charge on any atom is -0.00131 e. The van der Waals surface area contributed by atoms with Crippen molar-refractivity contribution < 1.29 is 0 Å². The molecule has 0 heteroatoms. The molecule has 92 valence electrons. The summed E-state index contributed by atoms with van der Waals surface area (Å²) in [4.78, 5) is 0. The molecule has 1 aliphatic carbocycles. The SMILES string of the molecule is Cc1cc2c(cc1C)-c1cc3ccccc3cc1C2. The van der Waals surface area contributed by atoms with Crippen LogP contribution in [0.2, 0.25) is 0 Å². The summed E-state index contributed by atoms with van der Waals surface area (Å²) in [5.74, 6) is 0. The molecular formula is C19H16. The third kappa shape index (κ3) is 1.53. The molecule has 0 nitrogen and oxygen atoms in total. The van der Waals surface area contributed by atoms with Crippen molar-refractivity contribution in [2.24, 2.45) is 0 Å². The van der Waals surface area contributed by atoms with Gasteiger partial charge in [0.2, 0.25) is 0 Å². The minimum absolute atomic E-state index is 1.08. The van der Waals surface area contributed by atoms with Crippen LogP contribution in [0.5, 0.6) is 0 Å². The zero-order valence-corrected chi connectivity index (χ0v) is 11.3. The summed E-state index contributed by atoms with van der Waals surface area (Å²) in [5.41, 5.74) is 8.60. The normalized spacial score (nSPS) is 12.5. The van der Waals surface area contributed by atoms with Gasteiger partial charge in [-0.15, -0.1) is 0 Å². The van der Waals surface area contributed by atoms with Gasteiger partial charge in [0, 0.05) is 0 Å². The summed E-state index contributed by atoms with van der Waals surface area (Å²) >= 11 is 0. The molecule has 3 aromatic carbocycles. The summed E-state index contributed by atoms with van der Waals surface area (Å²) < 4.78 is 0.